The van der Waals surface area contributed by atoms with E-state index in [-0.39, 0.29) is 0 Å². The highest BCUT2D eigenvalue weighted by Crippen LogP contribution is 2.41. The zero-order chi connectivity index (χ0) is 24.3. The van der Waals surface area contributed by atoms with Gasteiger partial charge in [-0.25, -0.2) is 0 Å². The Labute approximate surface area is 217 Å². The van der Waals surface area contributed by atoms with Gasteiger partial charge in [0.2, 0.25) is 0 Å². The minimum atomic E-state index is 1.11. The lowest BCUT2D eigenvalue weighted by atomic mass is 9.83. The Bertz CT molecular complexity index is 1880. The number of aromatic nitrogens is 1. The average Bonchev–Trinajstić information content (AvgIpc) is 3.31. The zero-order valence-electron chi connectivity index (χ0n) is 21.0. The van der Waals surface area contributed by atoms with E-state index in [0.717, 1.165) is 12.8 Å². The predicted octanol–water partition coefficient (Wildman–Crippen LogP) is 9.44. The number of fused-ring (bicyclic) bond motifs is 9. The Morgan fingerprint density at radius 2 is 1.24 bits per heavy atom. The SMILES string of the molecule is C1=Cc2c(c3ccccc3n2-c2ccccc2-c2ccc3c4c(c5ccccc5c3c2)CCCC4)CC1. The number of aryl methyl sites for hydroxylation is 3. The topological polar surface area (TPSA) is 4.93 Å². The Balaban J connectivity index is 1.41. The van der Waals surface area contributed by atoms with Crippen molar-refractivity contribution in [3.63, 3.8) is 0 Å². The maximum absolute atomic E-state index is 2.49. The minimum Gasteiger partial charge on any atom is -0.309 e. The lowest BCUT2D eigenvalue weighted by molar-refractivity contribution is 0.694. The van der Waals surface area contributed by atoms with Crippen LogP contribution >= 0.6 is 0 Å². The molecule has 0 radical (unpaired) electrons. The molecule has 1 heteroatoms. The van der Waals surface area contributed by atoms with Gasteiger partial charge in [0.05, 0.1) is 11.2 Å². The monoisotopic (exact) mass is 475 g/mol. The maximum atomic E-state index is 2.49. The molecule has 0 bridgehead atoms. The largest absolute Gasteiger partial charge is 0.309 e. The summed E-state index contributed by atoms with van der Waals surface area (Å²) in [6.45, 7) is 0. The van der Waals surface area contributed by atoms with Crippen LogP contribution in [0.3, 0.4) is 0 Å². The summed E-state index contributed by atoms with van der Waals surface area (Å²) in [6.07, 6.45) is 11.9. The molecule has 178 valence electrons. The van der Waals surface area contributed by atoms with Crippen molar-refractivity contribution in [2.75, 3.05) is 0 Å². The molecule has 2 aliphatic carbocycles. The minimum absolute atomic E-state index is 1.11. The van der Waals surface area contributed by atoms with Crippen molar-refractivity contribution in [2.45, 2.75) is 38.5 Å². The van der Waals surface area contributed by atoms with Gasteiger partial charge in [-0.05, 0) is 107 Å². The molecule has 0 atom stereocenters. The van der Waals surface area contributed by atoms with Crippen LogP contribution in [-0.4, -0.2) is 4.57 Å². The molecule has 8 rings (SSSR count). The molecule has 0 spiro atoms. The molecule has 0 N–H and O–H groups in total. The van der Waals surface area contributed by atoms with E-state index in [1.54, 1.807) is 11.1 Å². The van der Waals surface area contributed by atoms with Crippen LogP contribution in [0.15, 0.2) is 97.1 Å². The van der Waals surface area contributed by atoms with Crippen molar-refractivity contribution in [3.8, 4) is 16.8 Å². The first-order chi connectivity index (χ1) is 18.4. The second kappa shape index (κ2) is 8.21. The van der Waals surface area contributed by atoms with E-state index in [9.17, 15) is 0 Å². The molecule has 37 heavy (non-hydrogen) atoms. The summed E-state index contributed by atoms with van der Waals surface area (Å²) in [4.78, 5) is 0. The van der Waals surface area contributed by atoms with Crippen LogP contribution in [0.2, 0.25) is 0 Å². The Morgan fingerprint density at radius 1 is 0.541 bits per heavy atom. The number of nitrogens with zero attached hydrogens (tertiary/aromatic N) is 1. The predicted molar refractivity (Wildman–Crippen MR) is 158 cm³/mol. The molecule has 0 aliphatic heterocycles. The third kappa shape index (κ3) is 3.10. The molecule has 0 saturated carbocycles. The molecule has 2 aliphatic rings. The van der Waals surface area contributed by atoms with Gasteiger partial charge in [-0.3, -0.25) is 0 Å². The van der Waals surface area contributed by atoms with Gasteiger partial charge in [0.25, 0.3) is 0 Å². The van der Waals surface area contributed by atoms with Crippen LogP contribution in [0.5, 0.6) is 0 Å². The van der Waals surface area contributed by atoms with Crippen molar-refractivity contribution >= 4 is 38.5 Å². The highest BCUT2D eigenvalue weighted by atomic mass is 15.0. The third-order valence-corrected chi connectivity index (χ3v) is 8.67. The molecule has 6 aromatic rings. The van der Waals surface area contributed by atoms with Crippen LogP contribution in [0.1, 0.15) is 41.6 Å². The highest BCUT2D eigenvalue weighted by Gasteiger charge is 2.21. The van der Waals surface area contributed by atoms with Crippen LogP contribution in [0, 0.1) is 0 Å². The van der Waals surface area contributed by atoms with Gasteiger partial charge in [0, 0.05) is 16.6 Å². The second-order valence-corrected chi connectivity index (χ2v) is 10.6. The van der Waals surface area contributed by atoms with E-state index >= 15 is 0 Å². The molecule has 0 amide bonds. The number of hydrogen-bond donors (Lipinski definition) is 0. The van der Waals surface area contributed by atoms with E-state index in [1.807, 2.05) is 0 Å². The van der Waals surface area contributed by atoms with E-state index < -0.39 is 0 Å². The lowest BCUT2D eigenvalue weighted by Gasteiger charge is -2.22. The molecule has 0 saturated heterocycles. The van der Waals surface area contributed by atoms with E-state index in [4.69, 9.17) is 0 Å². The lowest BCUT2D eigenvalue weighted by Crippen LogP contribution is -2.05. The van der Waals surface area contributed by atoms with Crippen molar-refractivity contribution in [1.82, 2.24) is 4.57 Å². The highest BCUT2D eigenvalue weighted by molar-refractivity contribution is 6.12. The van der Waals surface area contributed by atoms with Gasteiger partial charge >= 0.3 is 0 Å². The summed E-state index contributed by atoms with van der Waals surface area (Å²) >= 11 is 0. The van der Waals surface area contributed by atoms with Gasteiger partial charge in [-0.1, -0.05) is 78.9 Å². The summed E-state index contributed by atoms with van der Waals surface area (Å²) in [5.74, 6) is 0. The molecule has 1 aromatic heterocycles. The molecule has 0 fully saturated rings. The first-order valence-corrected chi connectivity index (χ1v) is 13.7. The number of allylic oxidation sites excluding steroid dienone is 1. The zero-order valence-corrected chi connectivity index (χ0v) is 21.0. The van der Waals surface area contributed by atoms with Crippen LogP contribution in [0.25, 0.3) is 55.3 Å². The fraction of sp³-hybridized carbons (Fsp3) is 0.167. The second-order valence-electron chi connectivity index (χ2n) is 10.6. The fourth-order valence-electron chi connectivity index (χ4n) is 7.04. The Morgan fingerprint density at radius 3 is 2.11 bits per heavy atom. The van der Waals surface area contributed by atoms with Crippen molar-refractivity contribution in [3.05, 3.63) is 119 Å². The summed E-state index contributed by atoms with van der Waals surface area (Å²) in [7, 11) is 0. The number of rotatable bonds is 2. The molecule has 0 unspecified atom stereocenters. The summed E-state index contributed by atoms with van der Waals surface area (Å²) in [5, 5.41) is 7.06. The van der Waals surface area contributed by atoms with E-state index in [2.05, 4.69) is 108 Å². The first kappa shape index (κ1) is 21.0. The van der Waals surface area contributed by atoms with Crippen LogP contribution in [-0.2, 0) is 19.3 Å². The Kier molecular flexibility index (Phi) is 4.67. The summed E-state index contributed by atoms with van der Waals surface area (Å²) in [5.41, 5.74) is 11.1. The van der Waals surface area contributed by atoms with Crippen molar-refractivity contribution in [1.29, 1.82) is 0 Å². The first-order valence-electron chi connectivity index (χ1n) is 13.7. The van der Waals surface area contributed by atoms with Gasteiger partial charge in [0.1, 0.15) is 0 Å². The van der Waals surface area contributed by atoms with Gasteiger partial charge in [-0.2, -0.15) is 0 Å². The molecular formula is C36H29N. The van der Waals surface area contributed by atoms with E-state index in [1.165, 1.54) is 86.2 Å². The average molecular weight is 476 g/mol. The number of hydrogen-bond acceptors (Lipinski definition) is 0. The third-order valence-electron chi connectivity index (χ3n) is 8.67. The van der Waals surface area contributed by atoms with Crippen LogP contribution < -0.4 is 0 Å². The standard InChI is InChI=1S/C36H29N/c1-2-14-28-26(12-1)27-13-3-4-15-29(27)33-23-24(21-22-30(28)33)25-11-5-8-18-34(25)37-35-19-9-6-16-31(35)32-17-7-10-20-36(32)37/h3-6,8-11,13,15-16,18-23H,1-2,7,12,14,17H2. The fourth-order valence-corrected chi connectivity index (χ4v) is 7.04. The van der Waals surface area contributed by atoms with Crippen molar-refractivity contribution in [2.24, 2.45) is 0 Å². The quantitative estimate of drug-likeness (QED) is 0.220. The van der Waals surface area contributed by atoms with Gasteiger partial charge in [-0.15, -0.1) is 0 Å². The van der Waals surface area contributed by atoms with E-state index in [0.29, 0.717) is 0 Å². The van der Waals surface area contributed by atoms with Gasteiger partial charge < -0.3 is 4.57 Å². The normalized spacial score (nSPS) is 14.8. The summed E-state index contributed by atoms with van der Waals surface area (Å²) in [6, 6.07) is 34.1. The van der Waals surface area contributed by atoms with Crippen molar-refractivity contribution < 1.29 is 0 Å². The van der Waals surface area contributed by atoms with Gasteiger partial charge in [0.15, 0.2) is 0 Å². The number of para-hydroxylation sites is 2. The molecular weight excluding hydrogens is 446 g/mol. The summed E-state index contributed by atoms with van der Waals surface area (Å²) < 4.78 is 2.49. The molecule has 1 heterocycles. The Hall–Kier alpha value is -4.10. The number of benzene rings is 5. The van der Waals surface area contributed by atoms with Crippen LogP contribution in [0.4, 0.5) is 0 Å². The molecule has 5 aromatic carbocycles. The maximum Gasteiger partial charge on any atom is 0.0540 e. The molecule has 1 nitrogen and oxygen atoms in total. The smallest absolute Gasteiger partial charge is 0.0540 e.